The third-order valence-electron chi connectivity index (χ3n) is 7.71. The first-order valence-electron chi connectivity index (χ1n) is 12.7. The first-order chi connectivity index (χ1) is 16.2. The molecule has 2 saturated heterocycles. The van der Waals surface area contributed by atoms with E-state index in [0.29, 0.717) is 25.4 Å². The number of alkyl carbamates (subject to hydrolysis) is 1. The summed E-state index contributed by atoms with van der Waals surface area (Å²) in [4.78, 5) is 25.0. The first-order valence-corrected chi connectivity index (χ1v) is 12.7. The lowest BCUT2D eigenvalue weighted by atomic mass is 9.68. The maximum Gasteiger partial charge on any atom is 0.408 e. The second-order valence-electron chi connectivity index (χ2n) is 10.6. The van der Waals surface area contributed by atoms with E-state index in [9.17, 15) is 9.59 Å². The molecule has 2 N–H and O–H groups in total. The number of hydrogen-bond acceptors (Lipinski definition) is 8. The molecule has 7 atom stereocenters. The van der Waals surface area contributed by atoms with E-state index in [1.54, 1.807) is 7.11 Å². The van der Waals surface area contributed by atoms with Gasteiger partial charge in [0.15, 0.2) is 0 Å². The normalized spacial score (nSPS) is 35.1. The quantitative estimate of drug-likeness (QED) is 0.233. The Labute approximate surface area is 203 Å². The Morgan fingerprint density at radius 1 is 1.18 bits per heavy atom. The predicted octanol–water partition coefficient (Wildman–Crippen LogP) is 2.80. The number of carbonyl (C=O) groups is 2. The molecule has 1 aliphatic carbocycles. The van der Waals surface area contributed by atoms with Gasteiger partial charge in [-0.05, 0) is 71.4 Å². The second-order valence-corrected chi connectivity index (χ2v) is 10.6. The highest BCUT2D eigenvalue weighted by atomic mass is 16.6. The lowest BCUT2D eigenvalue weighted by Crippen LogP contribution is -2.56. The Morgan fingerprint density at radius 2 is 1.91 bits per heavy atom. The predicted molar refractivity (Wildman–Crippen MR) is 127 cm³/mol. The molecular formula is C25H44N2O7. The van der Waals surface area contributed by atoms with Gasteiger partial charge in [0.1, 0.15) is 29.5 Å². The number of methoxy groups -OCH3 is 2. The fraction of sp³-hybridized carbons (Fsp3) is 0.920. The molecule has 3 aliphatic rings. The summed E-state index contributed by atoms with van der Waals surface area (Å²) in [6, 6.07) is -0.738. The number of ether oxygens (including phenoxy) is 5. The van der Waals surface area contributed by atoms with Crippen LogP contribution in [0.2, 0.25) is 0 Å². The number of carbonyl (C=O) groups excluding carboxylic acids is 2. The van der Waals surface area contributed by atoms with E-state index in [2.05, 4.69) is 31.4 Å². The topological polar surface area (TPSA) is 111 Å². The number of esters is 1. The highest BCUT2D eigenvalue weighted by molar-refractivity contribution is 5.81. The summed E-state index contributed by atoms with van der Waals surface area (Å²) in [5.74, 6) is 0.125. The third-order valence-corrected chi connectivity index (χ3v) is 7.71. The van der Waals surface area contributed by atoms with Crippen molar-refractivity contribution >= 4 is 12.1 Å². The minimum absolute atomic E-state index is 0.0216. The van der Waals surface area contributed by atoms with Crippen molar-refractivity contribution in [2.75, 3.05) is 34.4 Å². The van der Waals surface area contributed by atoms with Crippen molar-refractivity contribution in [2.45, 2.75) is 101 Å². The summed E-state index contributed by atoms with van der Waals surface area (Å²) >= 11 is 0. The molecule has 3 fully saturated rings. The monoisotopic (exact) mass is 484 g/mol. The Hall–Kier alpha value is -1.42. The molecule has 0 aromatic rings. The minimum Gasteiger partial charge on any atom is -0.467 e. The lowest BCUT2D eigenvalue weighted by Gasteiger charge is -2.42. The van der Waals surface area contributed by atoms with Crippen LogP contribution in [-0.4, -0.2) is 82.0 Å². The zero-order chi connectivity index (χ0) is 24.9. The van der Waals surface area contributed by atoms with Crippen molar-refractivity contribution in [3.8, 4) is 0 Å². The highest BCUT2D eigenvalue weighted by Gasteiger charge is 2.72. The van der Waals surface area contributed by atoms with Crippen molar-refractivity contribution in [1.29, 1.82) is 0 Å². The van der Waals surface area contributed by atoms with Crippen LogP contribution in [0.25, 0.3) is 0 Å². The molecule has 1 saturated carbocycles. The summed E-state index contributed by atoms with van der Waals surface area (Å²) in [5.41, 5.74) is -0.618. The van der Waals surface area contributed by atoms with Gasteiger partial charge in [-0.2, -0.15) is 0 Å². The molecule has 9 heteroatoms. The van der Waals surface area contributed by atoms with Gasteiger partial charge >= 0.3 is 12.1 Å². The van der Waals surface area contributed by atoms with Gasteiger partial charge in [-0.25, -0.2) is 9.59 Å². The van der Waals surface area contributed by atoms with Gasteiger partial charge < -0.3 is 34.3 Å². The van der Waals surface area contributed by atoms with Gasteiger partial charge in [0.05, 0.1) is 25.7 Å². The fourth-order valence-electron chi connectivity index (χ4n) is 5.63. The van der Waals surface area contributed by atoms with Crippen LogP contribution in [-0.2, 0) is 28.5 Å². The van der Waals surface area contributed by atoms with E-state index in [1.807, 2.05) is 7.05 Å². The number of unbranched alkanes of at least 4 members (excludes halogenated alkanes) is 1. The molecule has 3 rings (SSSR count). The summed E-state index contributed by atoms with van der Waals surface area (Å²) in [5, 5.41) is 5.79. The molecule has 5 unspecified atom stereocenters. The molecule has 0 radical (unpaired) electrons. The molecule has 0 aromatic heterocycles. The Bertz CT molecular complexity index is 699. The maximum absolute atomic E-state index is 12.8. The zero-order valence-electron chi connectivity index (χ0n) is 21.7. The highest BCUT2D eigenvalue weighted by Crippen LogP contribution is 2.59. The van der Waals surface area contributed by atoms with Crippen LogP contribution < -0.4 is 10.6 Å². The van der Waals surface area contributed by atoms with Gasteiger partial charge in [-0.1, -0.05) is 13.8 Å². The molecule has 34 heavy (non-hydrogen) atoms. The van der Waals surface area contributed by atoms with Crippen LogP contribution >= 0.6 is 0 Å². The van der Waals surface area contributed by atoms with Gasteiger partial charge in [-0.15, -0.1) is 0 Å². The van der Waals surface area contributed by atoms with Crippen LogP contribution in [0, 0.1) is 11.8 Å². The first kappa shape index (κ1) is 27.2. The smallest absolute Gasteiger partial charge is 0.408 e. The average molecular weight is 485 g/mol. The standard InChI is InChI=1S/C25H44N2O7/c1-16(2)10-11-19-24(3,34-19)21-20(30-5)18(12-13-25(21)15-32-25)33-23(29)27-17(22(28)31-6)9-7-8-14-26-4/h16-21,26H,7-15H2,1-6H3,(H,27,29)/t17?,18?,19-,20?,21?,24?,25+/m1/s1. The molecule has 1 spiro atoms. The molecule has 2 heterocycles. The number of epoxide rings is 2. The summed E-state index contributed by atoms with van der Waals surface area (Å²) in [6.07, 6.45) is 4.44. The van der Waals surface area contributed by atoms with Crippen molar-refractivity contribution in [1.82, 2.24) is 10.6 Å². The summed E-state index contributed by atoms with van der Waals surface area (Å²) < 4.78 is 28.9. The van der Waals surface area contributed by atoms with Crippen molar-refractivity contribution in [3.63, 3.8) is 0 Å². The molecule has 0 bridgehead atoms. The minimum atomic E-state index is -0.738. The van der Waals surface area contributed by atoms with Crippen molar-refractivity contribution < 1.29 is 33.3 Å². The van der Waals surface area contributed by atoms with E-state index in [-0.39, 0.29) is 29.3 Å². The van der Waals surface area contributed by atoms with Crippen molar-refractivity contribution in [3.05, 3.63) is 0 Å². The molecule has 1 amide bonds. The van der Waals surface area contributed by atoms with Crippen molar-refractivity contribution in [2.24, 2.45) is 11.8 Å². The molecule has 9 nitrogen and oxygen atoms in total. The molecule has 196 valence electrons. The number of rotatable bonds is 13. The van der Waals surface area contributed by atoms with Crippen LogP contribution in [0.5, 0.6) is 0 Å². The molecular weight excluding hydrogens is 440 g/mol. The van der Waals surface area contributed by atoms with E-state index >= 15 is 0 Å². The van der Waals surface area contributed by atoms with E-state index in [4.69, 9.17) is 23.7 Å². The summed E-state index contributed by atoms with van der Waals surface area (Å²) in [7, 11) is 4.86. The number of hydrogen-bond donors (Lipinski definition) is 2. The van der Waals surface area contributed by atoms with Crippen LogP contribution in [0.3, 0.4) is 0 Å². The average Bonchev–Trinajstić information content (AvgIpc) is 3.72. The maximum atomic E-state index is 12.8. The lowest BCUT2D eigenvalue weighted by molar-refractivity contribution is -0.143. The fourth-order valence-corrected chi connectivity index (χ4v) is 5.63. The SMILES string of the molecule is CNCCCCC(NC(=O)OC1CC[C@]2(CO2)C(C2(C)O[C@@H]2CCC(C)C)C1OC)C(=O)OC. The van der Waals surface area contributed by atoms with Crippen LogP contribution in [0.1, 0.15) is 65.7 Å². The second kappa shape index (κ2) is 11.5. The van der Waals surface area contributed by atoms with E-state index in [0.717, 1.165) is 38.6 Å². The Balaban J connectivity index is 1.62. The molecule has 0 aromatic carbocycles. The summed E-state index contributed by atoms with van der Waals surface area (Å²) in [6.45, 7) is 8.10. The number of nitrogens with one attached hydrogen (secondary N) is 2. The van der Waals surface area contributed by atoms with Crippen LogP contribution in [0.4, 0.5) is 4.79 Å². The van der Waals surface area contributed by atoms with Gasteiger partial charge in [0.2, 0.25) is 0 Å². The van der Waals surface area contributed by atoms with Gasteiger partial charge in [-0.3, -0.25) is 0 Å². The van der Waals surface area contributed by atoms with Crippen LogP contribution in [0.15, 0.2) is 0 Å². The largest absolute Gasteiger partial charge is 0.467 e. The Kier molecular flexibility index (Phi) is 9.23. The van der Waals surface area contributed by atoms with E-state index in [1.165, 1.54) is 7.11 Å². The number of amides is 1. The van der Waals surface area contributed by atoms with Gasteiger partial charge in [0.25, 0.3) is 0 Å². The Morgan fingerprint density at radius 3 is 2.50 bits per heavy atom. The molecule has 2 aliphatic heterocycles. The zero-order valence-corrected chi connectivity index (χ0v) is 21.7. The van der Waals surface area contributed by atoms with E-state index < -0.39 is 24.2 Å². The van der Waals surface area contributed by atoms with Gasteiger partial charge in [0, 0.05) is 7.11 Å². The third kappa shape index (κ3) is 6.22.